The van der Waals surface area contributed by atoms with Gasteiger partial charge in [0.05, 0.1) is 28.4 Å². The lowest BCUT2D eigenvalue weighted by Crippen LogP contribution is -2.36. The van der Waals surface area contributed by atoms with Crippen LogP contribution >= 0.6 is 0 Å². The van der Waals surface area contributed by atoms with Crippen molar-refractivity contribution in [1.29, 1.82) is 0 Å². The lowest BCUT2D eigenvalue weighted by molar-refractivity contribution is 0.414. The van der Waals surface area contributed by atoms with E-state index in [4.69, 9.17) is 18.9 Å². The Hall–Kier alpha value is -7.10. The highest BCUT2D eigenvalue weighted by atomic mass is 16.5. The molecule has 0 unspecified atom stereocenters. The molecule has 0 fully saturated rings. The Kier molecular flexibility index (Phi) is 12.9. The van der Waals surface area contributed by atoms with Crippen LogP contribution in [0, 0.1) is 5.21 Å². The summed E-state index contributed by atoms with van der Waals surface area (Å²) in [7, 11) is 6.68. The van der Waals surface area contributed by atoms with E-state index in [1.807, 2.05) is 81.4 Å². The van der Waals surface area contributed by atoms with Gasteiger partial charge in [0, 0.05) is 62.4 Å². The molecule has 0 atom stereocenters. The van der Waals surface area contributed by atoms with Crippen LogP contribution in [-0.4, -0.2) is 34.0 Å². The van der Waals surface area contributed by atoms with Crippen LogP contribution in [0.4, 0.5) is 56.9 Å². The Bertz CT molecular complexity index is 2330. The van der Waals surface area contributed by atoms with Crippen molar-refractivity contribution in [2.75, 3.05) is 48.2 Å². The summed E-state index contributed by atoms with van der Waals surface area (Å²) in [6.07, 6.45) is 0. The topological polar surface area (TPSA) is 72.9 Å². The molecular weight excluding hydrogens is 785 g/mol. The third kappa shape index (κ3) is 9.85. The van der Waals surface area contributed by atoms with Gasteiger partial charge in [-0.15, -0.1) is 0 Å². The SMILES string of the molecule is COc1ccc(N(c2ccc(OC)cc2)c2ccc(N(c3ccc(N(c4ccc(OC)cc4)c4ccc(OC)cc4)cc3)c3cc(N([O-])C(C)(C)C)cc(C(C)(C)C)c3)cc2)cc1. The first-order chi connectivity index (χ1) is 30.2. The van der Waals surface area contributed by atoms with Crippen molar-refractivity contribution in [3.63, 3.8) is 0 Å². The first-order valence-corrected chi connectivity index (χ1v) is 21.0. The van der Waals surface area contributed by atoms with Gasteiger partial charge in [0.15, 0.2) is 0 Å². The van der Waals surface area contributed by atoms with Crippen molar-refractivity contribution >= 4 is 56.9 Å². The summed E-state index contributed by atoms with van der Waals surface area (Å²) in [5.74, 6) is 3.12. The summed E-state index contributed by atoms with van der Waals surface area (Å²) in [5, 5.41) is 15.1. The number of rotatable bonds is 14. The second-order valence-corrected chi connectivity index (χ2v) is 17.3. The molecular formula is C54H57N4O5-. The fraction of sp³-hybridized carbons (Fsp3) is 0.222. The molecule has 0 aliphatic carbocycles. The summed E-state index contributed by atoms with van der Waals surface area (Å²) in [6.45, 7) is 12.3. The van der Waals surface area contributed by atoms with Gasteiger partial charge in [-0.05, 0) is 196 Å². The Morgan fingerprint density at radius 1 is 0.317 bits per heavy atom. The van der Waals surface area contributed by atoms with Gasteiger partial charge in [0.2, 0.25) is 0 Å². The van der Waals surface area contributed by atoms with Crippen LogP contribution in [0.3, 0.4) is 0 Å². The van der Waals surface area contributed by atoms with Crippen molar-refractivity contribution in [2.45, 2.75) is 52.5 Å². The Balaban J connectivity index is 1.38. The van der Waals surface area contributed by atoms with E-state index in [2.05, 4.69) is 139 Å². The molecule has 0 radical (unpaired) electrons. The average molecular weight is 842 g/mol. The molecule has 0 amide bonds. The molecule has 7 aromatic carbocycles. The molecule has 0 bridgehead atoms. The Morgan fingerprint density at radius 3 is 0.762 bits per heavy atom. The van der Waals surface area contributed by atoms with E-state index in [9.17, 15) is 5.21 Å². The molecule has 0 spiro atoms. The molecule has 0 aliphatic rings. The largest absolute Gasteiger partial charge is 0.758 e. The third-order valence-corrected chi connectivity index (χ3v) is 10.9. The van der Waals surface area contributed by atoms with Crippen LogP contribution < -0.4 is 38.7 Å². The predicted molar refractivity (Wildman–Crippen MR) is 261 cm³/mol. The highest BCUT2D eigenvalue weighted by Crippen LogP contribution is 2.44. The first-order valence-electron chi connectivity index (χ1n) is 21.0. The summed E-state index contributed by atoms with van der Waals surface area (Å²) < 4.78 is 22.0. The van der Waals surface area contributed by atoms with E-state index in [0.29, 0.717) is 5.69 Å². The second kappa shape index (κ2) is 18.5. The number of anilines is 10. The molecule has 7 rings (SSSR count). The van der Waals surface area contributed by atoms with Crippen molar-refractivity contribution in [3.05, 3.63) is 175 Å². The monoisotopic (exact) mass is 841 g/mol. The lowest BCUT2D eigenvalue weighted by atomic mass is 9.86. The summed E-state index contributed by atoms with van der Waals surface area (Å²) in [4.78, 5) is 6.62. The van der Waals surface area contributed by atoms with Gasteiger partial charge in [-0.1, -0.05) is 20.8 Å². The van der Waals surface area contributed by atoms with Gasteiger partial charge in [-0.2, -0.15) is 0 Å². The third-order valence-electron chi connectivity index (χ3n) is 10.9. The van der Waals surface area contributed by atoms with E-state index in [1.54, 1.807) is 28.4 Å². The first kappa shape index (κ1) is 44.0. The Labute approximate surface area is 372 Å². The fourth-order valence-corrected chi connectivity index (χ4v) is 7.43. The quantitative estimate of drug-likeness (QED) is 0.0995. The van der Waals surface area contributed by atoms with E-state index in [-0.39, 0.29) is 5.41 Å². The number of nitrogens with zero attached hydrogens (tertiary/aromatic N) is 4. The van der Waals surface area contributed by atoms with E-state index >= 15 is 0 Å². The smallest absolute Gasteiger partial charge is 0.119 e. The predicted octanol–water partition coefficient (Wildman–Crippen LogP) is 14.5. The van der Waals surface area contributed by atoms with Crippen molar-refractivity contribution in [3.8, 4) is 23.0 Å². The van der Waals surface area contributed by atoms with Gasteiger partial charge in [-0.25, -0.2) is 0 Å². The molecule has 0 aromatic heterocycles. The molecule has 0 saturated heterocycles. The number of hydroxylamine groups is 1. The average Bonchev–Trinajstić information content (AvgIpc) is 3.30. The van der Waals surface area contributed by atoms with Gasteiger partial charge < -0.3 is 43.9 Å². The molecule has 9 nitrogen and oxygen atoms in total. The minimum atomic E-state index is -0.652. The Morgan fingerprint density at radius 2 is 0.540 bits per heavy atom. The molecule has 63 heavy (non-hydrogen) atoms. The van der Waals surface area contributed by atoms with Crippen LogP contribution in [-0.2, 0) is 5.41 Å². The van der Waals surface area contributed by atoms with E-state index < -0.39 is 5.54 Å². The number of ether oxygens (including phenoxy) is 4. The highest BCUT2D eigenvalue weighted by molar-refractivity contribution is 5.85. The minimum absolute atomic E-state index is 0.239. The molecule has 0 aliphatic heterocycles. The van der Waals surface area contributed by atoms with Crippen molar-refractivity contribution in [1.82, 2.24) is 0 Å². The van der Waals surface area contributed by atoms with Gasteiger partial charge in [0.25, 0.3) is 0 Å². The molecule has 0 heterocycles. The molecule has 0 N–H and O–H groups in total. The fourth-order valence-electron chi connectivity index (χ4n) is 7.43. The van der Waals surface area contributed by atoms with Gasteiger partial charge >= 0.3 is 0 Å². The van der Waals surface area contributed by atoms with E-state index in [0.717, 1.165) is 84.8 Å². The number of methoxy groups -OCH3 is 4. The molecule has 9 heteroatoms. The van der Waals surface area contributed by atoms with Crippen LogP contribution in [0.2, 0.25) is 0 Å². The molecule has 7 aromatic rings. The summed E-state index contributed by atoms with van der Waals surface area (Å²) in [6, 6.07) is 55.4. The molecule has 0 saturated carbocycles. The number of hydrogen-bond donors (Lipinski definition) is 0. The maximum atomic E-state index is 14.0. The number of benzene rings is 7. The maximum absolute atomic E-state index is 14.0. The summed E-state index contributed by atoms with van der Waals surface area (Å²) in [5.41, 5.74) is 9.27. The standard InChI is InChI=1S/C54H57N4O5/c1-53(2,3)38-35-47(37-48(36-38)58(59)54(4,5)6)57(41-15-11-39(12-16-41)55(43-19-27-49(60-7)28-20-43)44-21-29-50(61-8)30-22-44)42-17-13-40(14-18-42)56(45-23-31-51(62-9)32-24-45)46-25-33-52(63-10)34-26-46/h11-37H,1-10H3/q-1. The number of hydrogen-bond acceptors (Lipinski definition) is 9. The van der Waals surface area contributed by atoms with Crippen molar-refractivity contribution < 1.29 is 18.9 Å². The molecule has 324 valence electrons. The normalized spacial score (nSPS) is 11.4. The second-order valence-electron chi connectivity index (χ2n) is 17.3. The van der Waals surface area contributed by atoms with Crippen LogP contribution in [0.1, 0.15) is 47.1 Å². The van der Waals surface area contributed by atoms with Crippen molar-refractivity contribution in [2.24, 2.45) is 0 Å². The zero-order chi connectivity index (χ0) is 44.9. The van der Waals surface area contributed by atoms with Crippen LogP contribution in [0.15, 0.2) is 164 Å². The van der Waals surface area contributed by atoms with Gasteiger partial charge in [0.1, 0.15) is 23.0 Å². The van der Waals surface area contributed by atoms with Crippen LogP contribution in [0.25, 0.3) is 0 Å². The van der Waals surface area contributed by atoms with Crippen LogP contribution in [0.5, 0.6) is 23.0 Å². The highest BCUT2D eigenvalue weighted by Gasteiger charge is 2.24. The lowest BCUT2D eigenvalue weighted by Gasteiger charge is -2.44. The zero-order valence-corrected chi connectivity index (χ0v) is 37.9. The van der Waals surface area contributed by atoms with E-state index in [1.165, 1.54) is 0 Å². The zero-order valence-electron chi connectivity index (χ0n) is 37.9. The summed E-state index contributed by atoms with van der Waals surface area (Å²) >= 11 is 0. The van der Waals surface area contributed by atoms with Gasteiger partial charge in [-0.3, -0.25) is 0 Å². The minimum Gasteiger partial charge on any atom is -0.758 e. The maximum Gasteiger partial charge on any atom is 0.119 e.